The standard InChI is InChI=1S/C20H22ClN5O2/c1-15(28-19-5-3-2-4-17(19)21)13-26-14-22-12-18(26)16-10-23-20(24-11-16)25-6-8-27-9-7-25/h2-5,10-12,14-15H,6-9,13H2,1H3. The average Bonchev–Trinajstić information content (AvgIpc) is 3.18. The van der Waals surface area contributed by atoms with Gasteiger partial charge in [0.15, 0.2) is 0 Å². The van der Waals surface area contributed by atoms with Crippen molar-refractivity contribution >= 4 is 17.5 Å². The van der Waals surface area contributed by atoms with Crippen LogP contribution in [0.5, 0.6) is 5.75 Å². The third-order valence-corrected chi connectivity index (χ3v) is 4.87. The van der Waals surface area contributed by atoms with Gasteiger partial charge in [0.2, 0.25) is 5.95 Å². The van der Waals surface area contributed by atoms with E-state index in [0.717, 1.165) is 30.3 Å². The first-order valence-electron chi connectivity index (χ1n) is 9.27. The van der Waals surface area contributed by atoms with Crippen LogP contribution in [-0.2, 0) is 11.3 Å². The molecule has 1 saturated heterocycles. The molecule has 0 radical (unpaired) electrons. The molecule has 1 atom stereocenters. The molecular formula is C20H22ClN5O2. The maximum Gasteiger partial charge on any atom is 0.225 e. The van der Waals surface area contributed by atoms with Crippen LogP contribution in [0.4, 0.5) is 5.95 Å². The maximum atomic E-state index is 6.18. The van der Waals surface area contributed by atoms with Crippen molar-refractivity contribution in [1.29, 1.82) is 0 Å². The lowest BCUT2D eigenvalue weighted by Gasteiger charge is -2.26. The van der Waals surface area contributed by atoms with Gasteiger partial charge in [-0.2, -0.15) is 0 Å². The molecule has 1 fully saturated rings. The zero-order valence-electron chi connectivity index (χ0n) is 15.7. The second-order valence-corrected chi connectivity index (χ2v) is 7.07. The van der Waals surface area contributed by atoms with E-state index in [1.165, 1.54) is 0 Å². The molecule has 7 nitrogen and oxygen atoms in total. The Bertz CT molecular complexity index is 909. The monoisotopic (exact) mass is 399 g/mol. The Kier molecular flexibility index (Phi) is 5.73. The van der Waals surface area contributed by atoms with Gasteiger partial charge in [-0.1, -0.05) is 23.7 Å². The quantitative estimate of drug-likeness (QED) is 0.633. The molecule has 0 amide bonds. The first-order valence-corrected chi connectivity index (χ1v) is 9.65. The summed E-state index contributed by atoms with van der Waals surface area (Å²) in [5.41, 5.74) is 1.86. The number of rotatable bonds is 6. The number of anilines is 1. The van der Waals surface area contributed by atoms with Crippen molar-refractivity contribution in [3.63, 3.8) is 0 Å². The number of halogens is 1. The summed E-state index contributed by atoms with van der Waals surface area (Å²) in [5, 5.41) is 0.604. The van der Waals surface area contributed by atoms with Crippen molar-refractivity contribution in [1.82, 2.24) is 19.5 Å². The summed E-state index contributed by atoms with van der Waals surface area (Å²) >= 11 is 6.18. The van der Waals surface area contributed by atoms with Crippen LogP contribution >= 0.6 is 11.6 Å². The number of para-hydroxylation sites is 1. The minimum atomic E-state index is -0.0820. The Hall–Kier alpha value is -2.64. The molecule has 146 valence electrons. The third kappa shape index (κ3) is 4.26. The number of aromatic nitrogens is 4. The molecule has 0 spiro atoms. The minimum absolute atomic E-state index is 0.0820. The number of ether oxygens (including phenoxy) is 2. The Morgan fingerprint density at radius 3 is 2.64 bits per heavy atom. The molecule has 3 heterocycles. The van der Waals surface area contributed by atoms with Gasteiger partial charge < -0.3 is 18.9 Å². The molecule has 0 bridgehead atoms. The molecule has 4 rings (SSSR count). The van der Waals surface area contributed by atoms with Crippen LogP contribution in [0.1, 0.15) is 6.92 Å². The predicted octanol–water partition coefficient (Wildman–Crippen LogP) is 3.30. The molecule has 2 aromatic heterocycles. The summed E-state index contributed by atoms with van der Waals surface area (Å²) in [5.74, 6) is 1.41. The fraction of sp³-hybridized carbons (Fsp3) is 0.350. The van der Waals surface area contributed by atoms with E-state index in [4.69, 9.17) is 21.1 Å². The number of benzene rings is 1. The number of morpholine rings is 1. The van der Waals surface area contributed by atoms with Crippen molar-refractivity contribution in [3.8, 4) is 17.0 Å². The SMILES string of the molecule is CC(Cn1cncc1-c1cnc(N2CCOCC2)nc1)Oc1ccccc1Cl. The summed E-state index contributed by atoms with van der Waals surface area (Å²) in [4.78, 5) is 15.5. The number of nitrogens with zero attached hydrogens (tertiary/aromatic N) is 5. The third-order valence-electron chi connectivity index (χ3n) is 4.56. The van der Waals surface area contributed by atoms with Gasteiger partial charge in [-0.05, 0) is 19.1 Å². The molecule has 8 heteroatoms. The van der Waals surface area contributed by atoms with Crippen LogP contribution in [-0.4, -0.2) is 51.9 Å². The van der Waals surface area contributed by atoms with Gasteiger partial charge >= 0.3 is 0 Å². The molecular weight excluding hydrogens is 378 g/mol. The normalized spacial score (nSPS) is 15.4. The predicted molar refractivity (Wildman–Crippen MR) is 108 cm³/mol. The smallest absolute Gasteiger partial charge is 0.225 e. The molecule has 1 aliphatic heterocycles. The second kappa shape index (κ2) is 8.58. The summed E-state index contributed by atoms with van der Waals surface area (Å²) in [6.45, 7) is 5.68. The van der Waals surface area contributed by atoms with E-state index < -0.39 is 0 Å². The summed E-state index contributed by atoms with van der Waals surface area (Å²) in [6.07, 6.45) is 7.20. The summed E-state index contributed by atoms with van der Waals surface area (Å²) in [7, 11) is 0. The molecule has 28 heavy (non-hydrogen) atoms. The number of hydrogen-bond acceptors (Lipinski definition) is 6. The number of imidazole rings is 1. The topological polar surface area (TPSA) is 65.3 Å². The highest BCUT2D eigenvalue weighted by Crippen LogP contribution is 2.25. The van der Waals surface area contributed by atoms with E-state index in [0.29, 0.717) is 30.5 Å². The first kappa shape index (κ1) is 18.7. The first-order chi connectivity index (χ1) is 13.7. The highest BCUT2D eigenvalue weighted by molar-refractivity contribution is 6.32. The second-order valence-electron chi connectivity index (χ2n) is 6.66. The average molecular weight is 400 g/mol. The van der Waals surface area contributed by atoms with E-state index in [1.807, 2.05) is 54.3 Å². The Morgan fingerprint density at radius 1 is 1.14 bits per heavy atom. The molecule has 3 aromatic rings. The van der Waals surface area contributed by atoms with Crippen molar-refractivity contribution in [2.75, 3.05) is 31.2 Å². The fourth-order valence-electron chi connectivity index (χ4n) is 3.16. The van der Waals surface area contributed by atoms with Gasteiger partial charge in [0.05, 0.1) is 43.0 Å². The van der Waals surface area contributed by atoms with E-state index in [9.17, 15) is 0 Å². The van der Waals surface area contributed by atoms with Gasteiger partial charge in [0, 0.05) is 31.0 Å². The summed E-state index contributed by atoms with van der Waals surface area (Å²) in [6, 6.07) is 7.48. The lowest BCUT2D eigenvalue weighted by Crippen LogP contribution is -2.37. The molecule has 0 saturated carbocycles. The van der Waals surface area contributed by atoms with Gasteiger partial charge in [-0.15, -0.1) is 0 Å². The van der Waals surface area contributed by atoms with Crippen molar-refractivity contribution in [3.05, 3.63) is 54.2 Å². The Balaban J connectivity index is 1.45. The fourth-order valence-corrected chi connectivity index (χ4v) is 3.34. The highest BCUT2D eigenvalue weighted by atomic mass is 35.5. The molecule has 1 aromatic carbocycles. The van der Waals surface area contributed by atoms with Crippen LogP contribution in [0.2, 0.25) is 5.02 Å². The van der Waals surface area contributed by atoms with E-state index in [-0.39, 0.29) is 6.10 Å². The van der Waals surface area contributed by atoms with Crippen LogP contribution in [0.25, 0.3) is 11.3 Å². The maximum absolute atomic E-state index is 6.18. The molecule has 0 aliphatic carbocycles. The zero-order valence-corrected chi connectivity index (χ0v) is 16.4. The Morgan fingerprint density at radius 2 is 1.89 bits per heavy atom. The van der Waals surface area contributed by atoms with E-state index >= 15 is 0 Å². The lowest BCUT2D eigenvalue weighted by atomic mass is 10.2. The van der Waals surface area contributed by atoms with Gasteiger partial charge in [0.25, 0.3) is 0 Å². The van der Waals surface area contributed by atoms with Gasteiger partial charge in [-0.3, -0.25) is 0 Å². The van der Waals surface area contributed by atoms with Crippen LogP contribution in [0.15, 0.2) is 49.2 Å². The van der Waals surface area contributed by atoms with Crippen molar-refractivity contribution in [2.45, 2.75) is 19.6 Å². The highest BCUT2D eigenvalue weighted by Gasteiger charge is 2.15. The minimum Gasteiger partial charge on any atom is -0.487 e. The molecule has 1 unspecified atom stereocenters. The van der Waals surface area contributed by atoms with Crippen molar-refractivity contribution < 1.29 is 9.47 Å². The summed E-state index contributed by atoms with van der Waals surface area (Å²) < 4.78 is 13.4. The Labute approximate surface area is 168 Å². The van der Waals surface area contributed by atoms with Crippen molar-refractivity contribution in [2.24, 2.45) is 0 Å². The van der Waals surface area contributed by atoms with Gasteiger partial charge in [0.1, 0.15) is 11.9 Å². The zero-order chi connectivity index (χ0) is 19.3. The van der Waals surface area contributed by atoms with E-state index in [1.54, 1.807) is 6.33 Å². The lowest BCUT2D eigenvalue weighted by molar-refractivity contribution is 0.122. The number of hydrogen-bond donors (Lipinski definition) is 0. The van der Waals surface area contributed by atoms with E-state index in [2.05, 4.69) is 19.9 Å². The van der Waals surface area contributed by atoms with Crippen LogP contribution in [0, 0.1) is 0 Å². The van der Waals surface area contributed by atoms with Crippen LogP contribution in [0.3, 0.4) is 0 Å². The van der Waals surface area contributed by atoms with Gasteiger partial charge in [-0.25, -0.2) is 15.0 Å². The van der Waals surface area contributed by atoms with Crippen LogP contribution < -0.4 is 9.64 Å². The molecule has 1 aliphatic rings. The molecule has 0 N–H and O–H groups in total. The largest absolute Gasteiger partial charge is 0.487 e.